The Balaban J connectivity index is 3.07. The standard InChI is InChI=1S/C14H11NO/c1-2-14(16)13(9-6-10-15)11-12-7-4-3-5-8-12/h2-9,11H,1H2. The highest BCUT2D eigenvalue weighted by molar-refractivity contribution is 6.09. The van der Waals surface area contributed by atoms with Crippen molar-refractivity contribution in [3.8, 4) is 6.07 Å². The van der Waals surface area contributed by atoms with Crippen LogP contribution in [0.1, 0.15) is 5.56 Å². The minimum absolute atomic E-state index is 0.199. The number of rotatable bonds is 4. The van der Waals surface area contributed by atoms with Crippen molar-refractivity contribution in [2.75, 3.05) is 0 Å². The van der Waals surface area contributed by atoms with Gasteiger partial charge in [-0.1, -0.05) is 36.9 Å². The zero-order valence-corrected chi connectivity index (χ0v) is 8.76. The molecule has 0 saturated heterocycles. The fourth-order valence-electron chi connectivity index (χ4n) is 1.18. The fourth-order valence-corrected chi connectivity index (χ4v) is 1.18. The highest BCUT2D eigenvalue weighted by atomic mass is 16.1. The van der Waals surface area contributed by atoms with Crippen LogP contribution in [-0.4, -0.2) is 5.78 Å². The predicted octanol–water partition coefficient (Wildman–Crippen LogP) is 2.90. The molecule has 1 aromatic carbocycles. The van der Waals surface area contributed by atoms with Gasteiger partial charge in [0.05, 0.1) is 6.07 Å². The minimum Gasteiger partial charge on any atom is -0.289 e. The fraction of sp³-hybridized carbons (Fsp3) is 0. The third-order valence-electron chi connectivity index (χ3n) is 1.93. The van der Waals surface area contributed by atoms with Crippen LogP contribution < -0.4 is 0 Å². The summed E-state index contributed by atoms with van der Waals surface area (Å²) in [6.07, 6.45) is 5.71. The molecule has 0 aliphatic heterocycles. The average molecular weight is 209 g/mol. The van der Waals surface area contributed by atoms with E-state index in [1.165, 1.54) is 18.2 Å². The van der Waals surface area contributed by atoms with Crippen LogP contribution >= 0.6 is 0 Å². The normalized spacial score (nSPS) is 11.1. The molecule has 0 N–H and O–H groups in total. The largest absolute Gasteiger partial charge is 0.289 e. The summed E-state index contributed by atoms with van der Waals surface area (Å²) in [5.74, 6) is -0.199. The van der Waals surface area contributed by atoms with Gasteiger partial charge in [-0.05, 0) is 23.8 Å². The monoisotopic (exact) mass is 209 g/mol. The Morgan fingerprint density at radius 1 is 1.31 bits per heavy atom. The summed E-state index contributed by atoms with van der Waals surface area (Å²) in [6.45, 7) is 3.42. The van der Waals surface area contributed by atoms with E-state index in [0.29, 0.717) is 5.57 Å². The number of allylic oxidation sites excluding steroid dienone is 4. The van der Waals surface area contributed by atoms with Gasteiger partial charge >= 0.3 is 0 Å². The molecule has 0 bridgehead atoms. The molecule has 0 atom stereocenters. The molecule has 0 unspecified atom stereocenters. The zero-order valence-electron chi connectivity index (χ0n) is 8.76. The highest BCUT2D eigenvalue weighted by Gasteiger charge is 2.01. The van der Waals surface area contributed by atoms with Crippen molar-refractivity contribution in [3.05, 3.63) is 66.3 Å². The van der Waals surface area contributed by atoms with E-state index in [-0.39, 0.29) is 5.78 Å². The van der Waals surface area contributed by atoms with E-state index < -0.39 is 0 Å². The summed E-state index contributed by atoms with van der Waals surface area (Å²) < 4.78 is 0. The quantitative estimate of drug-likeness (QED) is 0.434. The Kier molecular flexibility index (Phi) is 4.49. The molecule has 0 amide bonds. The Bertz CT molecular complexity index is 475. The van der Waals surface area contributed by atoms with Crippen LogP contribution in [0.2, 0.25) is 0 Å². The molecular weight excluding hydrogens is 198 g/mol. The molecule has 1 aromatic rings. The maximum atomic E-state index is 11.5. The van der Waals surface area contributed by atoms with Crippen LogP contribution in [0.4, 0.5) is 0 Å². The van der Waals surface area contributed by atoms with Gasteiger partial charge in [-0.2, -0.15) is 5.26 Å². The second-order valence-corrected chi connectivity index (χ2v) is 3.04. The second kappa shape index (κ2) is 6.15. The molecule has 0 spiro atoms. The summed E-state index contributed by atoms with van der Waals surface area (Å²) in [4.78, 5) is 11.5. The molecule has 0 aliphatic rings. The van der Waals surface area contributed by atoms with E-state index in [2.05, 4.69) is 6.58 Å². The number of hydrogen-bond acceptors (Lipinski definition) is 2. The van der Waals surface area contributed by atoms with Crippen molar-refractivity contribution < 1.29 is 4.79 Å². The van der Waals surface area contributed by atoms with Crippen LogP contribution in [-0.2, 0) is 4.79 Å². The van der Waals surface area contributed by atoms with Crippen LogP contribution in [0.25, 0.3) is 6.08 Å². The molecule has 16 heavy (non-hydrogen) atoms. The van der Waals surface area contributed by atoms with E-state index in [1.54, 1.807) is 6.08 Å². The van der Waals surface area contributed by atoms with Gasteiger partial charge in [0.2, 0.25) is 0 Å². The first kappa shape index (κ1) is 11.7. The van der Waals surface area contributed by atoms with Crippen molar-refractivity contribution in [1.82, 2.24) is 0 Å². The van der Waals surface area contributed by atoms with Gasteiger partial charge in [0.25, 0.3) is 0 Å². The molecule has 78 valence electrons. The molecule has 0 aromatic heterocycles. The van der Waals surface area contributed by atoms with Gasteiger partial charge in [0, 0.05) is 11.6 Å². The Morgan fingerprint density at radius 3 is 2.56 bits per heavy atom. The summed E-state index contributed by atoms with van der Waals surface area (Å²) in [7, 11) is 0. The maximum absolute atomic E-state index is 11.5. The zero-order chi connectivity index (χ0) is 11.8. The van der Waals surface area contributed by atoms with Crippen molar-refractivity contribution >= 4 is 11.9 Å². The summed E-state index contributed by atoms with van der Waals surface area (Å²) in [5, 5.41) is 8.43. The third-order valence-corrected chi connectivity index (χ3v) is 1.93. The van der Waals surface area contributed by atoms with Crippen LogP contribution in [0.5, 0.6) is 0 Å². The summed E-state index contributed by atoms with van der Waals surface area (Å²) in [6, 6.07) is 11.3. The molecular formula is C14H11NO. The first-order chi connectivity index (χ1) is 7.77. The lowest BCUT2D eigenvalue weighted by atomic mass is 10.1. The molecule has 0 fully saturated rings. The Hall–Kier alpha value is -2.40. The lowest BCUT2D eigenvalue weighted by Crippen LogP contribution is -1.94. The number of benzene rings is 1. The van der Waals surface area contributed by atoms with Gasteiger partial charge in [-0.15, -0.1) is 0 Å². The molecule has 0 aliphatic carbocycles. The van der Waals surface area contributed by atoms with Gasteiger partial charge in [-0.3, -0.25) is 4.79 Å². The van der Waals surface area contributed by atoms with Crippen molar-refractivity contribution in [1.29, 1.82) is 5.26 Å². The van der Waals surface area contributed by atoms with E-state index in [4.69, 9.17) is 5.26 Å². The number of nitriles is 1. The first-order valence-electron chi connectivity index (χ1n) is 4.77. The second-order valence-electron chi connectivity index (χ2n) is 3.04. The predicted molar refractivity (Wildman–Crippen MR) is 64.4 cm³/mol. The maximum Gasteiger partial charge on any atom is 0.185 e. The van der Waals surface area contributed by atoms with Crippen molar-refractivity contribution in [2.24, 2.45) is 0 Å². The van der Waals surface area contributed by atoms with Crippen molar-refractivity contribution in [2.45, 2.75) is 0 Å². The molecule has 1 rings (SSSR count). The Morgan fingerprint density at radius 2 is 2.00 bits per heavy atom. The van der Waals surface area contributed by atoms with E-state index in [9.17, 15) is 4.79 Å². The van der Waals surface area contributed by atoms with Gasteiger partial charge in [0.15, 0.2) is 5.78 Å². The SMILES string of the molecule is C=CC(=O)C(C=CC#N)=Cc1ccccc1. The van der Waals surface area contributed by atoms with Crippen molar-refractivity contribution in [3.63, 3.8) is 0 Å². The summed E-state index contributed by atoms with van der Waals surface area (Å²) in [5.41, 5.74) is 1.36. The van der Waals surface area contributed by atoms with Gasteiger partial charge < -0.3 is 0 Å². The number of carbonyl (C=O) groups is 1. The number of hydrogen-bond donors (Lipinski definition) is 0. The third kappa shape index (κ3) is 3.39. The average Bonchev–Trinajstić information content (AvgIpc) is 2.34. The van der Waals surface area contributed by atoms with Gasteiger partial charge in [0.1, 0.15) is 0 Å². The van der Waals surface area contributed by atoms with E-state index in [0.717, 1.165) is 5.56 Å². The van der Waals surface area contributed by atoms with Crippen LogP contribution in [0, 0.1) is 11.3 Å². The van der Waals surface area contributed by atoms with E-state index in [1.807, 2.05) is 36.4 Å². The Labute approximate surface area is 94.8 Å². The lowest BCUT2D eigenvalue weighted by Gasteiger charge is -1.97. The van der Waals surface area contributed by atoms with Gasteiger partial charge in [-0.25, -0.2) is 0 Å². The molecule has 0 saturated carbocycles. The van der Waals surface area contributed by atoms with E-state index >= 15 is 0 Å². The number of carbonyl (C=O) groups excluding carboxylic acids is 1. The van der Waals surface area contributed by atoms with Crippen LogP contribution in [0.15, 0.2) is 60.7 Å². The number of ketones is 1. The lowest BCUT2D eigenvalue weighted by molar-refractivity contribution is -0.110. The minimum atomic E-state index is -0.199. The number of nitrogens with zero attached hydrogens (tertiary/aromatic N) is 1. The summed E-state index contributed by atoms with van der Waals surface area (Å²) >= 11 is 0. The highest BCUT2D eigenvalue weighted by Crippen LogP contribution is 2.09. The molecule has 0 heterocycles. The topological polar surface area (TPSA) is 40.9 Å². The molecule has 2 nitrogen and oxygen atoms in total. The first-order valence-corrected chi connectivity index (χ1v) is 4.77. The molecule has 2 heteroatoms. The smallest absolute Gasteiger partial charge is 0.185 e. The van der Waals surface area contributed by atoms with Crippen LogP contribution in [0.3, 0.4) is 0 Å². The molecule has 0 radical (unpaired) electrons.